The largest absolute Gasteiger partial charge is 0.497 e. The third-order valence-corrected chi connectivity index (χ3v) is 2.07. The fourth-order valence-corrected chi connectivity index (χ4v) is 1.25. The van der Waals surface area contributed by atoms with Gasteiger partial charge in [-0.25, -0.2) is 0 Å². The first-order valence-corrected chi connectivity index (χ1v) is 4.66. The minimum absolute atomic E-state index is 0.0471. The molecule has 0 aliphatic heterocycles. The van der Waals surface area contributed by atoms with Crippen LogP contribution in [0.3, 0.4) is 0 Å². The number of aliphatic carboxylic acids is 1. The lowest BCUT2D eigenvalue weighted by molar-refractivity contribution is -0.135. The topological polar surface area (TPSA) is 46.5 Å². The van der Waals surface area contributed by atoms with Gasteiger partial charge in [-0.3, -0.25) is 4.79 Å². The van der Waals surface area contributed by atoms with Gasteiger partial charge in [0.2, 0.25) is 0 Å². The van der Waals surface area contributed by atoms with Crippen LogP contribution in [0.25, 0.3) is 6.08 Å². The fourth-order valence-electron chi connectivity index (χ4n) is 1.25. The van der Waals surface area contributed by atoms with Gasteiger partial charge in [-0.15, -0.1) is 0 Å². The van der Waals surface area contributed by atoms with E-state index in [1.165, 1.54) is 0 Å². The van der Waals surface area contributed by atoms with Crippen molar-refractivity contribution < 1.29 is 14.6 Å². The van der Waals surface area contributed by atoms with E-state index in [1.54, 1.807) is 13.2 Å². The number of carbonyl (C=O) groups is 1. The number of carboxylic acids is 1. The molecule has 1 rings (SSSR count). The molecule has 0 aromatic heterocycles. The van der Waals surface area contributed by atoms with Crippen LogP contribution in [0.15, 0.2) is 24.3 Å². The quantitative estimate of drug-likeness (QED) is 0.823. The SMILES string of the molecule is COc1ccc(C=CCC(=O)O)c(C)c1. The molecular formula is C12H14O3. The van der Waals surface area contributed by atoms with Crippen LogP contribution in [0.1, 0.15) is 17.5 Å². The van der Waals surface area contributed by atoms with Crippen molar-refractivity contribution in [2.24, 2.45) is 0 Å². The van der Waals surface area contributed by atoms with Crippen molar-refractivity contribution in [3.63, 3.8) is 0 Å². The molecule has 0 unspecified atom stereocenters. The summed E-state index contributed by atoms with van der Waals surface area (Å²) in [5.41, 5.74) is 2.08. The summed E-state index contributed by atoms with van der Waals surface area (Å²) in [5.74, 6) is -0.0136. The number of hydrogen-bond acceptors (Lipinski definition) is 2. The predicted octanol–water partition coefficient (Wildman–Crippen LogP) is 2.49. The Morgan fingerprint density at radius 1 is 1.53 bits per heavy atom. The van der Waals surface area contributed by atoms with Crippen LogP contribution in [0, 0.1) is 6.92 Å². The molecule has 0 aliphatic rings. The lowest BCUT2D eigenvalue weighted by Gasteiger charge is -2.03. The van der Waals surface area contributed by atoms with Crippen LogP contribution in [0.2, 0.25) is 0 Å². The summed E-state index contributed by atoms with van der Waals surface area (Å²) in [7, 11) is 1.62. The molecule has 3 nitrogen and oxygen atoms in total. The van der Waals surface area contributed by atoms with Crippen LogP contribution in [-0.2, 0) is 4.79 Å². The van der Waals surface area contributed by atoms with Crippen molar-refractivity contribution in [2.45, 2.75) is 13.3 Å². The highest BCUT2D eigenvalue weighted by molar-refractivity contribution is 5.70. The van der Waals surface area contributed by atoms with E-state index in [-0.39, 0.29) is 6.42 Å². The summed E-state index contributed by atoms with van der Waals surface area (Å²) in [6.45, 7) is 1.96. The molecule has 0 saturated heterocycles. The summed E-state index contributed by atoms with van der Waals surface area (Å²) < 4.78 is 5.07. The summed E-state index contributed by atoms with van der Waals surface area (Å²) in [5, 5.41) is 8.47. The number of hydrogen-bond donors (Lipinski definition) is 1. The van der Waals surface area contributed by atoms with Crippen LogP contribution < -0.4 is 4.74 Å². The zero-order chi connectivity index (χ0) is 11.3. The van der Waals surface area contributed by atoms with Gasteiger partial charge in [-0.2, -0.15) is 0 Å². The van der Waals surface area contributed by atoms with Gasteiger partial charge in [0.15, 0.2) is 0 Å². The summed E-state index contributed by atoms with van der Waals surface area (Å²) in [6.07, 6.45) is 3.49. The first kappa shape index (κ1) is 11.3. The molecule has 0 fully saturated rings. The summed E-state index contributed by atoms with van der Waals surface area (Å²) in [4.78, 5) is 10.3. The van der Waals surface area contributed by atoms with Gasteiger partial charge in [-0.1, -0.05) is 18.2 Å². The minimum atomic E-state index is -0.822. The van der Waals surface area contributed by atoms with Gasteiger partial charge in [0.05, 0.1) is 13.5 Å². The molecule has 3 heteroatoms. The van der Waals surface area contributed by atoms with E-state index in [9.17, 15) is 4.79 Å². The Hall–Kier alpha value is -1.77. The molecule has 1 aromatic rings. The molecule has 0 heterocycles. The van der Waals surface area contributed by atoms with Crippen LogP contribution in [0.5, 0.6) is 5.75 Å². The van der Waals surface area contributed by atoms with E-state index >= 15 is 0 Å². The van der Waals surface area contributed by atoms with Gasteiger partial charge in [0.25, 0.3) is 0 Å². The number of aryl methyl sites for hydroxylation is 1. The average Bonchev–Trinajstić information content (AvgIpc) is 2.20. The second-order valence-corrected chi connectivity index (χ2v) is 3.22. The van der Waals surface area contributed by atoms with Crippen molar-refractivity contribution in [3.05, 3.63) is 35.4 Å². The number of rotatable bonds is 4. The lowest BCUT2D eigenvalue weighted by Crippen LogP contribution is -1.90. The first-order valence-electron chi connectivity index (χ1n) is 4.66. The third-order valence-electron chi connectivity index (χ3n) is 2.07. The molecule has 0 spiro atoms. The maximum absolute atomic E-state index is 10.3. The van der Waals surface area contributed by atoms with Crippen LogP contribution >= 0.6 is 0 Å². The second-order valence-electron chi connectivity index (χ2n) is 3.22. The molecule has 1 N–H and O–H groups in total. The van der Waals surface area contributed by atoms with E-state index in [4.69, 9.17) is 9.84 Å². The predicted molar refractivity (Wildman–Crippen MR) is 59.0 cm³/mol. The number of benzene rings is 1. The van der Waals surface area contributed by atoms with Gasteiger partial charge < -0.3 is 9.84 Å². The van der Waals surface area contributed by atoms with E-state index in [0.717, 1.165) is 16.9 Å². The first-order chi connectivity index (χ1) is 7.13. The zero-order valence-electron chi connectivity index (χ0n) is 8.86. The summed E-state index contributed by atoms with van der Waals surface area (Å²) >= 11 is 0. The normalized spacial score (nSPS) is 10.5. The van der Waals surface area contributed by atoms with Gasteiger partial charge >= 0.3 is 5.97 Å². The maximum Gasteiger partial charge on any atom is 0.307 e. The van der Waals surface area contributed by atoms with E-state index in [0.29, 0.717) is 0 Å². The Labute approximate surface area is 89.0 Å². The highest BCUT2D eigenvalue weighted by Gasteiger charge is 1.97. The standard InChI is InChI=1S/C12H14O3/c1-9-8-11(15-2)7-6-10(9)4-3-5-12(13)14/h3-4,6-8H,5H2,1-2H3,(H,13,14). The maximum atomic E-state index is 10.3. The fraction of sp³-hybridized carbons (Fsp3) is 0.250. The third kappa shape index (κ3) is 3.46. The lowest BCUT2D eigenvalue weighted by atomic mass is 10.1. The van der Waals surface area contributed by atoms with Crippen molar-refractivity contribution >= 4 is 12.0 Å². The molecule has 0 saturated carbocycles. The molecule has 0 bridgehead atoms. The Bertz CT molecular complexity index is 380. The second kappa shape index (κ2) is 5.20. The Morgan fingerprint density at radius 3 is 2.80 bits per heavy atom. The van der Waals surface area contributed by atoms with Crippen molar-refractivity contribution in [1.82, 2.24) is 0 Å². The van der Waals surface area contributed by atoms with Gasteiger partial charge in [-0.05, 0) is 30.2 Å². The monoisotopic (exact) mass is 206 g/mol. The van der Waals surface area contributed by atoms with Crippen molar-refractivity contribution in [1.29, 1.82) is 0 Å². The molecule has 1 aromatic carbocycles. The average molecular weight is 206 g/mol. The number of carboxylic acid groups (broad SMARTS) is 1. The van der Waals surface area contributed by atoms with E-state index in [2.05, 4.69) is 0 Å². The van der Waals surface area contributed by atoms with Crippen LogP contribution in [0.4, 0.5) is 0 Å². The molecule has 80 valence electrons. The summed E-state index contributed by atoms with van der Waals surface area (Å²) in [6, 6.07) is 5.68. The number of ether oxygens (including phenoxy) is 1. The Kier molecular flexibility index (Phi) is 3.92. The smallest absolute Gasteiger partial charge is 0.307 e. The molecule has 0 atom stereocenters. The number of methoxy groups -OCH3 is 1. The highest BCUT2D eigenvalue weighted by atomic mass is 16.5. The molecule has 0 amide bonds. The van der Waals surface area contributed by atoms with Crippen molar-refractivity contribution in [3.8, 4) is 5.75 Å². The van der Waals surface area contributed by atoms with Gasteiger partial charge in [0.1, 0.15) is 5.75 Å². The molecular weight excluding hydrogens is 192 g/mol. The Morgan fingerprint density at radius 2 is 2.27 bits per heavy atom. The minimum Gasteiger partial charge on any atom is -0.497 e. The highest BCUT2D eigenvalue weighted by Crippen LogP contribution is 2.17. The Balaban J connectivity index is 2.78. The molecule has 0 radical (unpaired) electrons. The molecule has 0 aliphatic carbocycles. The zero-order valence-corrected chi connectivity index (χ0v) is 8.86. The van der Waals surface area contributed by atoms with E-state index < -0.39 is 5.97 Å². The van der Waals surface area contributed by atoms with Crippen molar-refractivity contribution in [2.75, 3.05) is 7.11 Å². The van der Waals surface area contributed by atoms with E-state index in [1.807, 2.05) is 31.2 Å². The van der Waals surface area contributed by atoms with Crippen LogP contribution in [-0.4, -0.2) is 18.2 Å². The molecule has 15 heavy (non-hydrogen) atoms. The van der Waals surface area contributed by atoms with Gasteiger partial charge in [0, 0.05) is 0 Å².